The number of amides is 4. The van der Waals surface area contributed by atoms with E-state index >= 15 is 0 Å². The number of anilines is 1. The second kappa shape index (κ2) is 7.75. The molecule has 11 heteroatoms. The van der Waals surface area contributed by atoms with Gasteiger partial charge in [-0.05, 0) is 18.2 Å². The Morgan fingerprint density at radius 3 is 2.71 bits per heavy atom. The molecule has 1 fully saturated rings. The van der Waals surface area contributed by atoms with Crippen LogP contribution in [0.2, 0.25) is 10.0 Å². The molecule has 5 N–H and O–H groups in total. The number of benzene rings is 1. The lowest BCUT2D eigenvalue weighted by atomic mass is 10.3. The number of imide groups is 1. The summed E-state index contributed by atoms with van der Waals surface area (Å²) in [7, 11) is 0. The van der Waals surface area contributed by atoms with Crippen LogP contribution in [0.4, 0.5) is 10.5 Å². The summed E-state index contributed by atoms with van der Waals surface area (Å²) < 4.78 is 0. The maximum atomic E-state index is 11.7. The lowest BCUT2D eigenvalue weighted by Crippen LogP contribution is -2.43. The number of carbonyl (C=O) groups is 3. The average molecular weight is 371 g/mol. The van der Waals surface area contributed by atoms with E-state index in [2.05, 4.69) is 21.2 Å². The topological polar surface area (TPSA) is 136 Å². The van der Waals surface area contributed by atoms with Crippen LogP contribution in [0.1, 0.15) is 0 Å². The first-order chi connectivity index (χ1) is 11.4. The van der Waals surface area contributed by atoms with Gasteiger partial charge in [-0.15, -0.1) is 0 Å². The van der Waals surface area contributed by atoms with Crippen molar-refractivity contribution in [3.8, 4) is 0 Å². The summed E-state index contributed by atoms with van der Waals surface area (Å²) in [5.41, 5.74) is 2.68. The Kier molecular flexibility index (Phi) is 5.72. The Hall–Kier alpha value is -2.65. The highest BCUT2D eigenvalue weighted by Gasteiger charge is 2.29. The Balaban J connectivity index is 1.80. The van der Waals surface area contributed by atoms with E-state index in [4.69, 9.17) is 28.6 Å². The predicted octanol–water partition coefficient (Wildman–Crippen LogP) is 0.735. The molecule has 1 aromatic carbocycles. The fraction of sp³-hybridized carbons (Fsp3) is 0.154. The molecule has 0 aromatic heterocycles. The third-order valence-corrected chi connectivity index (χ3v) is 3.62. The van der Waals surface area contributed by atoms with Crippen LogP contribution in [0.5, 0.6) is 0 Å². The molecular formula is C13H12Cl2N6O3. The summed E-state index contributed by atoms with van der Waals surface area (Å²) in [5.74, 6) is -1.29. The molecule has 0 bridgehead atoms. The molecule has 9 nitrogen and oxygen atoms in total. The van der Waals surface area contributed by atoms with Gasteiger partial charge in [0, 0.05) is 6.54 Å². The van der Waals surface area contributed by atoms with Gasteiger partial charge in [0.15, 0.2) is 0 Å². The van der Waals surface area contributed by atoms with Crippen molar-refractivity contribution in [1.82, 2.24) is 16.0 Å². The van der Waals surface area contributed by atoms with Crippen molar-refractivity contribution in [2.75, 3.05) is 12.0 Å². The summed E-state index contributed by atoms with van der Waals surface area (Å²) >= 11 is 11.6. The fourth-order valence-corrected chi connectivity index (χ4v) is 1.99. The van der Waals surface area contributed by atoms with Gasteiger partial charge in [-0.2, -0.15) is 5.10 Å². The summed E-state index contributed by atoms with van der Waals surface area (Å²) in [5, 5.41) is 18.7. The number of hydrogen-bond acceptors (Lipinski definition) is 6. The van der Waals surface area contributed by atoms with Gasteiger partial charge in [0.1, 0.15) is 11.8 Å². The average Bonchev–Trinajstić information content (AvgIpc) is 2.86. The van der Waals surface area contributed by atoms with Crippen molar-refractivity contribution in [2.45, 2.75) is 6.04 Å². The predicted molar refractivity (Wildman–Crippen MR) is 89.8 cm³/mol. The minimum absolute atomic E-state index is 0.132. The molecule has 1 heterocycles. The Bertz CT molecular complexity index is 736. The van der Waals surface area contributed by atoms with Gasteiger partial charge in [0.2, 0.25) is 0 Å². The molecule has 4 amide bonds. The van der Waals surface area contributed by atoms with E-state index in [1.54, 1.807) is 12.1 Å². The van der Waals surface area contributed by atoms with Crippen LogP contribution in [0.15, 0.2) is 23.3 Å². The number of hydrogen-bond donors (Lipinski definition) is 5. The van der Waals surface area contributed by atoms with Crippen molar-refractivity contribution in [3.63, 3.8) is 0 Å². The van der Waals surface area contributed by atoms with Gasteiger partial charge >= 0.3 is 6.03 Å². The normalized spacial score (nSPS) is 16.7. The lowest BCUT2D eigenvalue weighted by Gasteiger charge is -2.08. The van der Waals surface area contributed by atoms with Crippen LogP contribution in [0, 0.1) is 5.41 Å². The molecule has 0 unspecified atom stereocenters. The van der Waals surface area contributed by atoms with E-state index in [1.165, 1.54) is 6.07 Å². The molecule has 1 aromatic rings. The molecule has 0 spiro atoms. The zero-order valence-corrected chi connectivity index (χ0v) is 13.5. The number of nitrogens with zero attached hydrogens (tertiary/aromatic N) is 1. The molecule has 1 saturated heterocycles. The summed E-state index contributed by atoms with van der Waals surface area (Å²) in [6.07, 6.45) is 0.991. The van der Waals surface area contributed by atoms with Crippen molar-refractivity contribution in [3.05, 3.63) is 28.2 Å². The van der Waals surface area contributed by atoms with Crippen molar-refractivity contribution in [1.29, 1.82) is 5.41 Å². The monoisotopic (exact) mass is 370 g/mol. The van der Waals surface area contributed by atoms with Crippen LogP contribution >= 0.6 is 23.2 Å². The van der Waals surface area contributed by atoms with Crippen LogP contribution < -0.4 is 21.4 Å². The van der Waals surface area contributed by atoms with Gasteiger partial charge in [0.05, 0.1) is 21.9 Å². The molecule has 0 saturated carbocycles. The number of rotatable bonds is 6. The van der Waals surface area contributed by atoms with Crippen molar-refractivity contribution in [2.24, 2.45) is 5.10 Å². The van der Waals surface area contributed by atoms with Crippen molar-refractivity contribution >= 4 is 58.7 Å². The number of halogens is 2. The van der Waals surface area contributed by atoms with Crippen LogP contribution in [0.3, 0.4) is 0 Å². The largest absolute Gasteiger partial charge is 0.348 e. The molecule has 24 heavy (non-hydrogen) atoms. The van der Waals surface area contributed by atoms with E-state index < -0.39 is 29.6 Å². The number of urea groups is 1. The van der Waals surface area contributed by atoms with Gasteiger partial charge in [0.25, 0.3) is 11.8 Å². The van der Waals surface area contributed by atoms with Crippen LogP contribution in [0.25, 0.3) is 0 Å². The first kappa shape index (κ1) is 17.7. The molecule has 1 aliphatic rings. The molecule has 1 aliphatic heterocycles. The summed E-state index contributed by atoms with van der Waals surface area (Å²) in [6.45, 7) is -0.132. The summed E-state index contributed by atoms with van der Waals surface area (Å²) in [4.78, 5) is 33.9. The molecule has 2 rings (SSSR count). The minimum Gasteiger partial charge on any atom is -0.348 e. The number of hydrazone groups is 1. The second-order valence-electron chi connectivity index (χ2n) is 4.64. The first-order valence-electron chi connectivity index (χ1n) is 6.59. The van der Waals surface area contributed by atoms with E-state index in [9.17, 15) is 14.4 Å². The summed E-state index contributed by atoms with van der Waals surface area (Å²) in [6, 6.07) is 3.24. The number of carbonyl (C=O) groups excluding carboxylic acids is 3. The van der Waals surface area contributed by atoms with Gasteiger partial charge < -0.3 is 10.6 Å². The third-order valence-electron chi connectivity index (χ3n) is 2.88. The van der Waals surface area contributed by atoms with Gasteiger partial charge in [-0.1, -0.05) is 23.2 Å². The highest BCUT2D eigenvalue weighted by atomic mass is 35.5. The van der Waals surface area contributed by atoms with Crippen molar-refractivity contribution < 1.29 is 14.4 Å². The molecule has 126 valence electrons. The fourth-order valence-electron chi connectivity index (χ4n) is 1.69. The van der Waals surface area contributed by atoms with E-state index in [0.717, 1.165) is 6.21 Å². The van der Waals surface area contributed by atoms with Crippen LogP contribution in [-0.4, -0.2) is 42.4 Å². The Morgan fingerprint density at radius 2 is 2.08 bits per heavy atom. The smallest absolute Gasteiger partial charge is 0.322 e. The highest BCUT2D eigenvalue weighted by molar-refractivity contribution is 6.59. The lowest BCUT2D eigenvalue weighted by molar-refractivity contribution is -0.120. The van der Waals surface area contributed by atoms with E-state index in [1.807, 2.05) is 5.32 Å². The Labute approximate surface area is 146 Å². The maximum Gasteiger partial charge on any atom is 0.322 e. The van der Waals surface area contributed by atoms with E-state index in [-0.39, 0.29) is 6.54 Å². The van der Waals surface area contributed by atoms with Gasteiger partial charge in [-0.3, -0.25) is 25.7 Å². The standard InChI is InChI=1S/C13H12Cl2N6O3/c14-7-2-1-6(3-8(7)15)21-18-4-9(16)11(22)17-5-10-12(23)20-13(24)19-10/h1-4,10,16,21H,5H2,(H,17,22)(H2,19,20,23,24)/b16-9?,18-4-/t10-/m1/s1. The molecular weight excluding hydrogens is 359 g/mol. The minimum atomic E-state index is -0.861. The first-order valence-corrected chi connectivity index (χ1v) is 7.34. The zero-order valence-electron chi connectivity index (χ0n) is 12.0. The quantitative estimate of drug-likeness (QED) is 0.286. The van der Waals surface area contributed by atoms with E-state index in [0.29, 0.717) is 15.7 Å². The third kappa shape index (κ3) is 4.67. The molecule has 1 atom stereocenters. The number of nitrogens with one attached hydrogen (secondary N) is 5. The van der Waals surface area contributed by atoms with Crippen LogP contribution in [-0.2, 0) is 9.59 Å². The maximum absolute atomic E-state index is 11.7. The van der Waals surface area contributed by atoms with Gasteiger partial charge in [-0.25, -0.2) is 4.79 Å². The molecule has 0 aliphatic carbocycles. The zero-order chi connectivity index (χ0) is 17.7. The highest BCUT2D eigenvalue weighted by Crippen LogP contribution is 2.24. The second-order valence-corrected chi connectivity index (χ2v) is 5.45. The Morgan fingerprint density at radius 1 is 1.33 bits per heavy atom. The SMILES string of the molecule is N=C(/C=N\Nc1ccc(Cl)c(Cl)c1)C(=O)NC[C@H]1NC(=O)NC1=O. The molecule has 0 radical (unpaired) electrons.